The Morgan fingerprint density at radius 1 is 1.05 bits per heavy atom. The van der Waals surface area contributed by atoms with Gasteiger partial charge in [0.05, 0.1) is 12.5 Å². The molecule has 0 radical (unpaired) electrons. The summed E-state index contributed by atoms with van der Waals surface area (Å²) in [7, 11) is 1.41. The van der Waals surface area contributed by atoms with Crippen LogP contribution in [0.5, 0.6) is 0 Å². The molecule has 3 nitrogen and oxygen atoms in total. The molecule has 1 aromatic heterocycles. The Morgan fingerprint density at radius 2 is 1.84 bits per heavy atom. The molecule has 19 heavy (non-hydrogen) atoms. The molecule has 0 aliphatic carbocycles. The molecule has 0 atom stereocenters. The van der Waals surface area contributed by atoms with Crippen LogP contribution in [0.25, 0.3) is 21.7 Å². The Bertz CT molecular complexity index is 765. The van der Waals surface area contributed by atoms with Gasteiger partial charge >= 0.3 is 5.97 Å². The van der Waals surface area contributed by atoms with Crippen LogP contribution in [0, 0.1) is 0 Å². The first-order valence-electron chi connectivity index (χ1n) is 6.16. The third-order valence-corrected chi connectivity index (χ3v) is 3.31. The molecule has 0 aliphatic heterocycles. The van der Waals surface area contributed by atoms with Gasteiger partial charge in [0.15, 0.2) is 6.20 Å². The number of fused-ring (bicyclic) bond motifs is 3. The number of carbonyl (C=O) groups excluding carboxylic acids is 1. The van der Waals surface area contributed by atoms with Gasteiger partial charge in [-0.05, 0) is 22.9 Å². The molecule has 0 saturated heterocycles. The topological polar surface area (TPSA) is 30.2 Å². The first-order chi connectivity index (χ1) is 9.29. The molecular formula is C16H14NO2+. The fraction of sp³-hybridized carbons (Fsp3) is 0.125. The number of rotatable bonds is 2. The number of pyridine rings is 1. The first kappa shape index (κ1) is 11.7. The molecule has 0 N–H and O–H groups in total. The van der Waals surface area contributed by atoms with Crippen molar-refractivity contribution in [1.29, 1.82) is 0 Å². The van der Waals surface area contributed by atoms with Crippen molar-refractivity contribution in [1.82, 2.24) is 0 Å². The number of nitrogens with zero attached hydrogens (tertiary/aromatic N) is 1. The largest absolute Gasteiger partial charge is 0.464 e. The summed E-state index contributed by atoms with van der Waals surface area (Å²) in [6.07, 6.45) is 1.90. The molecule has 0 spiro atoms. The summed E-state index contributed by atoms with van der Waals surface area (Å²) >= 11 is 0. The van der Waals surface area contributed by atoms with Gasteiger partial charge in [0.2, 0.25) is 12.1 Å². The van der Waals surface area contributed by atoms with Crippen LogP contribution in [-0.2, 0) is 16.1 Å². The van der Waals surface area contributed by atoms with Crippen molar-refractivity contribution in [3.63, 3.8) is 0 Å². The van der Waals surface area contributed by atoms with E-state index in [2.05, 4.69) is 24.3 Å². The van der Waals surface area contributed by atoms with Gasteiger partial charge in [-0.3, -0.25) is 0 Å². The summed E-state index contributed by atoms with van der Waals surface area (Å²) in [5.74, 6) is -0.245. The number of hydrogen-bond donors (Lipinski definition) is 0. The maximum absolute atomic E-state index is 11.4. The Morgan fingerprint density at radius 3 is 2.68 bits per heavy atom. The number of hydrogen-bond acceptors (Lipinski definition) is 2. The second-order valence-electron chi connectivity index (χ2n) is 4.43. The molecule has 3 aromatic rings. The van der Waals surface area contributed by atoms with E-state index < -0.39 is 0 Å². The van der Waals surface area contributed by atoms with Crippen LogP contribution in [0.2, 0.25) is 0 Å². The molecule has 0 saturated carbocycles. The van der Waals surface area contributed by atoms with Crippen molar-refractivity contribution in [2.45, 2.75) is 6.54 Å². The van der Waals surface area contributed by atoms with Crippen molar-refractivity contribution >= 4 is 27.6 Å². The number of carbonyl (C=O) groups is 1. The van der Waals surface area contributed by atoms with Gasteiger partial charge in [-0.2, -0.15) is 4.57 Å². The Hall–Kier alpha value is -2.42. The van der Waals surface area contributed by atoms with E-state index in [0.717, 1.165) is 10.9 Å². The van der Waals surface area contributed by atoms with Gasteiger partial charge in [-0.1, -0.05) is 24.3 Å². The summed E-state index contributed by atoms with van der Waals surface area (Å²) < 4.78 is 6.64. The van der Waals surface area contributed by atoms with Gasteiger partial charge in [0.25, 0.3) is 0 Å². The average Bonchev–Trinajstić information content (AvgIpc) is 2.47. The van der Waals surface area contributed by atoms with Crippen LogP contribution in [0.4, 0.5) is 0 Å². The molecule has 3 rings (SSSR count). The lowest BCUT2D eigenvalue weighted by Crippen LogP contribution is -2.38. The maximum Gasteiger partial charge on any atom is 0.372 e. The van der Waals surface area contributed by atoms with Crippen molar-refractivity contribution < 1.29 is 14.1 Å². The molecule has 3 heteroatoms. The lowest BCUT2D eigenvalue weighted by molar-refractivity contribution is -0.660. The zero-order chi connectivity index (χ0) is 13.2. The van der Waals surface area contributed by atoms with E-state index >= 15 is 0 Å². The van der Waals surface area contributed by atoms with Gasteiger partial charge in [-0.25, -0.2) is 4.79 Å². The lowest BCUT2D eigenvalue weighted by Gasteiger charge is -2.03. The third-order valence-electron chi connectivity index (χ3n) is 3.31. The van der Waals surface area contributed by atoms with E-state index in [4.69, 9.17) is 4.74 Å². The average molecular weight is 252 g/mol. The van der Waals surface area contributed by atoms with Crippen molar-refractivity contribution in [2.24, 2.45) is 0 Å². The van der Waals surface area contributed by atoms with Crippen LogP contribution >= 0.6 is 0 Å². The van der Waals surface area contributed by atoms with Gasteiger partial charge < -0.3 is 4.74 Å². The van der Waals surface area contributed by atoms with E-state index in [9.17, 15) is 4.79 Å². The fourth-order valence-electron chi connectivity index (χ4n) is 2.37. The van der Waals surface area contributed by atoms with Gasteiger partial charge in [0, 0.05) is 12.1 Å². The van der Waals surface area contributed by atoms with Crippen LogP contribution in [0.15, 0.2) is 54.7 Å². The normalized spacial score (nSPS) is 10.8. The summed E-state index contributed by atoms with van der Waals surface area (Å²) in [4.78, 5) is 11.4. The van der Waals surface area contributed by atoms with E-state index in [1.807, 2.05) is 35.0 Å². The summed E-state index contributed by atoms with van der Waals surface area (Å²) in [5.41, 5.74) is 1.03. The SMILES string of the molecule is COC(=O)C[n+]1cccc2c3ccccc3ccc21. The highest BCUT2D eigenvalue weighted by atomic mass is 16.5. The molecule has 0 unspecified atom stereocenters. The second-order valence-corrected chi connectivity index (χ2v) is 4.43. The molecule has 1 heterocycles. The minimum Gasteiger partial charge on any atom is -0.464 e. The third kappa shape index (κ3) is 2.03. The summed E-state index contributed by atoms with van der Waals surface area (Å²) in [5, 5.41) is 3.54. The van der Waals surface area contributed by atoms with Crippen LogP contribution in [0.3, 0.4) is 0 Å². The number of methoxy groups -OCH3 is 1. The highest BCUT2D eigenvalue weighted by molar-refractivity contribution is 6.04. The summed E-state index contributed by atoms with van der Waals surface area (Å²) in [6.45, 7) is 0.228. The molecule has 0 fully saturated rings. The van der Waals surface area contributed by atoms with E-state index in [-0.39, 0.29) is 12.5 Å². The van der Waals surface area contributed by atoms with Crippen molar-refractivity contribution in [3.8, 4) is 0 Å². The van der Waals surface area contributed by atoms with Crippen LogP contribution in [-0.4, -0.2) is 13.1 Å². The molecule has 0 amide bonds. The zero-order valence-electron chi connectivity index (χ0n) is 10.7. The minimum absolute atomic E-state index is 0.228. The monoisotopic (exact) mass is 252 g/mol. The van der Waals surface area contributed by atoms with Gasteiger partial charge in [0.1, 0.15) is 0 Å². The smallest absolute Gasteiger partial charge is 0.372 e. The Labute approximate surface area is 111 Å². The molecule has 94 valence electrons. The van der Waals surface area contributed by atoms with Gasteiger partial charge in [-0.15, -0.1) is 0 Å². The number of ether oxygens (including phenoxy) is 1. The maximum atomic E-state index is 11.4. The van der Waals surface area contributed by atoms with E-state index in [1.54, 1.807) is 0 Å². The molecular weight excluding hydrogens is 238 g/mol. The predicted octanol–water partition coefficient (Wildman–Crippen LogP) is 2.45. The second kappa shape index (κ2) is 4.69. The van der Waals surface area contributed by atoms with Crippen molar-refractivity contribution in [2.75, 3.05) is 7.11 Å². The molecule has 0 bridgehead atoms. The Balaban J connectivity index is 2.26. The van der Waals surface area contributed by atoms with E-state index in [1.165, 1.54) is 17.9 Å². The standard InChI is InChI=1S/C16H14NO2/c1-19-16(18)11-17-10-4-7-14-13-6-3-2-5-12(13)8-9-15(14)17/h2-10H,11H2,1H3/q+1. The number of aromatic nitrogens is 1. The first-order valence-corrected chi connectivity index (χ1v) is 6.16. The molecule has 0 aliphatic rings. The highest BCUT2D eigenvalue weighted by Gasteiger charge is 2.14. The highest BCUT2D eigenvalue weighted by Crippen LogP contribution is 2.22. The fourth-order valence-corrected chi connectivity index (χ4v) is 2.37. The molecule has 2 aromatic carbocycles. The summed E-state index contributed by atoms with van der Waals surface area (Å²) in [6, 6.07) is 16.4. The number of esters is 1. The minimum atomic E-state index is -0.245. The zero-order valence-corrected chi connectivity index (χ0v) is 10.7. The van der Waals surface area contributed by atoms with Crippen molar-refractivity contribution in [3.05, 3.63) is 54.7 Å². The predicted molar refractivity (Wildman–Crippen MR) is 73.7 cm³/mol. The Kier molecular flexibility index (Phi) is 2.88. The lowest BCUT2D eigenvalue weighted by atomic mass is 10.1. The van der Waals surface area contributed by atoms with Crippen LogP contribution < -0.4 is 4.57 Å². The van der Waals surface area contributed by atoms with Crippen LogP contribution in [0.1, 0.15) is 0 Å². The van der Waals surface area contributed by atoms with E-state index in [0.29, 0.717) is 0 Å². The number of benzene rings is 2. The quantitative estimate of drug-likeness (QED) is 0.398.